The summed E-state index contributed by atoms with van der Waals surface area (Å²) in [5.74, 6) is 0.947. The third-order valence-corrected chi connectivity index (χ3v) is 3.59. The van der Waals surface area contributed by atoms with Crippen LogP contribution in [-0.4, -0.2) is 62.5 Å². The molecule has 0 aromatic carbocycles. The maximum absolute atomic E-state index is 12.3. The average Bonchev–Trinajstić information content (AvgIpc) is 2.35. The van der Waals surface area contributed by atoms with Crippen LogP contribution in [0.15, 0.2) is 0 Å². The topological polar surface area (TPSA) is 35.6 Å². The minimum absolute atomic E-state index is 0.352. The highest BCUT2D eigenvalue weighted by molar-refractivity contribution is 5.76. The summed E-state index contributed by atoms with van der Waals surface area (Å²) >= 11 is 0. The van der Waals surface area contributed by atoms with Gasteiger partial charge in [0.15, 0.2) is 0 Å². The zero-order valence-electron chi connectivity index (χ0n) is 12.2. The number of nitrogens with zero attached hydrogens (tertiary/aromatic N) is 2. The largest absolute Gasteiger partial charge is 0.341 e. The maximum Gasteiger partial charge on any atom is 0.222 e. The van der Waals surface area contributed by atoms with Crippen LogP contribution >= 0.6 is 0 Å². The Kier molecular flexibility index (Phi) is 7.28. The highest BCUT2D eigenvalue weighted by Crippen LogP contribution is 2.17. The molecule has 0 saturated carbocycles. The fourth-order valence-electron chi connectivity index (χ4n) is 2.41. The second kappa shape index (κ2) is 8.48. The van der Waals surface area contributed by atoms with Crippen LogP contribution in [0.1, 0.15) is 32.6 Å². The van der Waals surface area contributed by atoms with E-state index in [4.69, 9.17) is 0 Å². The lowest BCUT2D eigenvalue weighted by Gasteiger charge is -2.28. The van der Waals surface area contributed by atoms with Crippen LogP contribution in [0.25, 0.3) is 0 Å². The minimum atomic E-state index is 0.352. The van der Waals surface area contributed by atoms with E-state index in [2.05, 4.69) is 31.2 Å². The van der Waals surface area contributed by atoms with Crippen molar-refractivity contribution >= 4 is 5.91 Å². The fraction of sp³-hybridized carbons (Fsp3) is 0.929. The molecule has 1 aliphatic rings. The molecule has 0 radical (unpaired) electrons. The van der Waals surface area contributed by atoms with Crippen LogP contribution < -0.4 is 5.32 Å². The van der Waals surface area contributed by atoms with Gasteiger partial charge in [0.05, 0.1) is 0 Å². The molecule has 0 aromatic heterocycles. The normalized spacial score (nSPS) is 17.1. The summed E-state index contributed by atoms with van der Waals surface area (Å²) in [4.78, 5) is 16.5. The van der Waals surface area contributed by atoms with E-state index in [0.717, 1.165) is 58.4 Å². The fourth-order valence-corrected chi connectivity index (χ4v) is 2.41. The second-order valence-corrected chi connectivity index (χ2v) is 5.58. The Hall–Kier alpha value is -0.610. The number of hydrogen-bond donors (Lipinski definition) is 1. The highest BCUT2D eigenvalue weighted by Gasteiger charge is 2.20. The van der Waals surface area contributed by atoms with Crippen molar-refractivity contribution in [2.24, 2.45) is 5.92 Å². The van der Waals surface area contributed by atoms with Gasteiger partial charge in [0.1, 0.15) is 0 Å². The van der Waals surface area contributed by atoms with Gasteiger partial charge in [-0.25, -0.2) is 0 Å². The lowest BCUT2D eigenvalue weighted by molar-refractivity contribution is -0.132. The van der Waals surface area contributed by atoms with E-state index in [9.17, 15) is 4.79 Å². The van der Waals surface area contributed by atoms with Crippen LogP contribution in [-0.2, 0) is 4.79 Å². The van der Waals surface area contributed by atoms with Crippen molar-refractivity contribution in [3.8, 4) is 0 Å². The van der Waals surface area contributed by atoms with Gasteiger partial charge in [-0.2, -0.15) is 0 Å². The lowest BCUT2D eigenvalue weighted by atomic mass is 9.94. The van der Waals surface area contributed by atoms with Crippen LogP contribution in [0.3, 0.4) is 0 Å². The van der Waals surface area contributed by atoms with E-state index in [1.807, 2.05) is 4.90 Å². The molecule has 0 bridgehead atoms. The van der Waals surface area contributed by atoms with E-state index in [-0.39, 0.29) is 0 Å². The second-order valence-electron chi connectivity index (χ2n) is 5.58. The summed E-state index contributed by atoms with van der Waals surface area (Å²) in [6.45, 7) is 7.01. The SMILES string of the molecule is CCCN(CCN(C)C)C(=O)CC1CCNCC1. The van der Waals surface area contributed by atoms with Crippen molar-refractivity contribution in [1.29, 1.82) is 0 Å². The summed E-state index contributed by atoms with van der Waals surface area (Å²) in [5, 5.41) is 3.35. The Balaban J connectivity index is 2.37. The first kappa shape index (κ1) is 15.4. The average molecular weight is 255 g/mol. The molecule has 0 unspecified atom stereocenters. The molecule has 0 aromatic rings. The highest BCUT2D eigenvalue weighted by atomic mass is 16.2. The molecule has 1 N–H and O–H groups in total. The van der Waals surface area contributed by atoms with Crippen molar-refractivity contribution in [3.63, 3.8) is 0 Å². The van der Waals surface area contributed by atoms with Gasteiger partial charge in [-0.3, -0.25) is 4.79 Å². The van der Waals surface area contributed by atoms with Crippen molar-refractivity contribution in [2.45, 2.75) is 32.6 Å². The first-order chi connectivity index (χ1) is 8.63. The van der Waals surface area contributed by atoms with Gasteiger partial charge in [0, 0.05) is 26.1 Å². The Morgan fingerprint density at radius 2 is 1.83 bits per heavy atom. The summed E-state index contributed by atoms with van der Waals surface area (Å²) in [6.07, 6.45) is 4.10. The zero-order chi connectivity index (χ0) is 13.4. The monoisotopic (exact) mass is 255 g/mol. The molecule has 0 spiro atoms. The molecule has 0 atom stereocenters. The van der Waals surface area contributed by atoms with Gasteiger partial charge in [-0.05, 0) is 52.4 Å². The molecule has 1 amide bonds. The number of carbonyl (C=O) groups excluding carboxylic acids is 1. The number of hydrogen-bond acceptors (Lipinski definition) is 3. The molecule has 4 heteroatoms. The summed E-state index contributed by atoms with van der Waals surface area (Å²) in [5.41, 5.74) is 0. The predicted octanol–water partition coefficient (Wildman–Crippen LogP) is 1.18. The van der Waals surface area contributed by atoms with Crippen molar-refractivity contribution < 1.29 is 4.79 Å². The third-order valence-electron chi connectivity index (χ3n) is 3.59. The van der Waals surface area contributed by atoms with Crippen molar-refractivity contribution in [2.75, 3.05) is 46.8 Å². The Morgan fingerprint density at radius 3 is 2.39 bits per heavy atom. The number of amides is 1. The van der Waals surface area contributed by atoms with Gasteiger partial charge in [-0.15, -0.1) is 0 Å². The van der Waals surface area contributed by atoms with Gasteiger partial charge < -0.3 is 15.1 Å². The minimum Gasteiger partial charge on any atom is -0.341 e. The van der Waals surface area contributed by atoms with Crippen LogP contribution in [0, 0.1) is 5.92 Å². The molecule has 106 valence electrons. The maximum atomic E-state index is 12.3. The van der Waals surface area contributed by atoms with Gasteiger partial charge in [0.2, 0.25) is 5.91 Å². The quantitative estimate of drug-likeness (QED) is 0.742. The molecule has 0 aliphatic carbocycles. The summed E-state index contributed by atoms with van der Waals surface area (Å²) in [6, 6.07) is 0. The summed E-state index contributed by atoms with van der Waals surface area (Å²) in [7, 11) is 4.11. The van der Waals surface area contributed by atoms with E-state index in [0.29, 0.717) is 11.8 Å². The van der Waals surface area contributed by atoms with E-state index < -0.39 is 0 Å². The Bertz CT molecular complexity index is 237. The van der Waals surface area contributed by atoms with Gasteiger partial charge in [0.25, 0.3) is 0 Å². The molecule has 1 heterocycles. The first-order valence-corrected chi connectivity index (χ1v) is 7.26. The summed E-state index contributed by atoms with van der Waals surface area (Å²) < 4.78 is 0. The molecule has 1 aliphatic heterocycles. The molecule has 4 nitrogen and oxygen atoms in total. The molecule has 1 fully saturated rings. The number of likely N-dealkylation sites (N-methyl/N-ethyl adjacent to an activating group) is 1. The number of nitrogens with one attached hydrogen (secondary N) is 1. The van der Waals surface area contributed by atoms with Gasteiger partial charge >= 0.3 is 0 Å². The number of rotatable bonds is 7. The van der Waals surface area contributed by atoms with Crippen LogP contribution in [0.5, 0.6) is 0 Å². The zero-order valence-corrected chi connectivity index (χ0v) is 12.2. The van der Waals surface area contributed by atoms with E-state index >= 15 is 0 Å². The Morgan fingerprint density at radius 1 is 1.17 bits per heavy atom. The number of carbonyl (C=O) groups is 1. The molecule has 1 saturated heterocycles. The predicted molar refractivity (Wildman–Crippen MR) is 75.6 cm³/mol. The molecular weight excluding hydrogens is 226 g/mol. The Labute approximate surface area is 112 Å². The standard InChI is InChI=1S/C14H29N3O/c1-4-9-17(11-10-16(2)3)14(18)12-13-5-7-15-8-6-13/h13,15H,4-12H2,1-3H3. The first-order valence-electron chi connectivity index (χ1n) is 7.26. The third kappa shape index (κ3) is 5.83. The molecule has 1 rings (SSSR count). The molecule has 18 heavy (non-hydrogen) atoms. The van der Waals surface area contributed by atoms with Crippen LogP contribution in [0.4, 0.5) is 0 Å². The molecular formula is C14H29N3O. The van der Waals surface area contributed by atoms with E-state index in [1.54, 1.807) is 0 Å². The smallest absolute Gasteiger partial charge is 0.222 e. The van der Waals surface area contributed by atoms with Crippen molar-refractivity contribution in [1.82, 2.24) is 15.1 Å². The lowest BCUT2D eigenvalue weighted by Crippen LogP contribution is -2.39. The van der Waals surface area contributed by atoms with Crippen LogP contribution in [0.2, 0.25) is 0 Å². The van der Waals surface area contributed by atoms with E-state index in [1.165, 1.54) is 0 Å². The van der Waals surface area contributed by atoms with Crippen molar-refractivity contribution in [3.05, 3.63) is 0 Å². The van der Waals surface area contributed by atoms with Gasteiger partial charge in [-0.1, -0.05) is 6.92 Å². The number of piperidine rings is 1.